The van der Waals surface area contributed by atoms with Crippen LogP contribution in [0.25, 0.3) is 0 Å². The number of carbonyl (C=O) groups is 1. The molecule has 0 bridgehead atoms. The van der Waals surface area contributed by atoms with Crippen LogP contribution in [0.2, 0.25) is 0 Å². The Labute approximate surface area is 109 Å². The lowest BCUT2D eigenvalue weighted by atomic mass is 10.1. The van der Waals surface area contributed by atoms with Crippen molar-refractivity contribution in [2.24, 2.45) is 0 Å². The third kappa shape index (κ3) is 3.41. The van der Waals surface area contributed by atoms with Crippen molar-refractivity contribution in [1.29, 1.82) is 0 Å². The van der Waals surface area contributed by atoms with E-state index in [0.717, 1.165) is 31.4 Å². The fraction of sp³-hybridized carbons (Fsp3) is 0.462. The van der Waals surface area contributed by atoms with Gasteiger partial charge in [0.1, 0.15) is 5.82 Å². The van der Waals surface area contributed by atoms with Crippen molar-refractivity contribution < 1.29 is 18.3 Å². The number of rotatable bonds is 3. The molecule has 0 radical (unpaired) electrons. The van der Waals surface area contributed by atoms with E-state index in [0.29, 0.717) is 6.61 Å². The molecule has 19 heavy (non-hydrogen) atoms. The zero-order chi connectivity index (χ0) is 13.8. The van der Waals surface area contributed by atoms with Crippen LogP contribution < -0.4 is 11.1 Å². The van der Waals surface area contributed by atoms with E-state index in [9.17, 15) is 13.6 Å². The summed E-state index contributed by atoms with van der Waals surface area (Å²) in [6.45, 7) is 0.955. The van der Waals surface area contributed by atoms with Crippen LogP contribution in [-0.2, 0) is 4.74 Å². The Morgan fingerprint density at radius 1 is 1.42 bits per heavy atom. The fourth-order valence-corrected chi connectivity index (χ4v) is 2.05. The molecular weight excluding hydrogens is 254 g/mol. The van der Waals surface area contributed by atoms with Crippen LogP contribution in [0.5, 0.6) is 0 Å². The number of benzene rings is 1. The second kappa shape index (κ2) is 5.97. The maximum absolute atomic E-state index is 13.6. The number of nitrogen functional groups attached to an aromatic ring is 1. The molecule has 1 amide bonds. The average molecular weight is 270 g/mol. The second-order valence-electron chi connectivity index (χ2n) is 4.56. The molecule has 2 rings (SSSR count). The maximum Gasteiger partial charge on any atom is 0.254 e. The highest BCUT2D eigenvalue weighted by Crippen LogP contribution is 2.17. The predicted molar refractivity (Wildman–Crippen MR) is 66.7 cm³/mol. The van der Waals surface area contributed by atoms with Crippen molar-refractivity contribution in [2.45, 2.75) is 25.4 Å². The van der Waals surface area contributed by atoms with Gasteiger partial charge in [0.05, 0.1) is 17.4 Å². The van der Waals surface area contributed by atoms with Crippen molar-refractivity contribution in [1.82, 2.24) is 5.32 Å². The number of carbonyl (C=O) groups excluding carboxylic acids is 1. The Morgan fingerprint density at radius 3 is 2.89 bits per heavy atom. The first kappa shape index (κ1) is 13.7. The summed E-state index contributed by atoms with van der Waals surface area (Å²) in [7, 11) is 0. The minimum absolute atomic E-state index is 0.0633. The van der Waals surface area contributed by atoms with Crippen LogP contribution >= 0.6 is 0 Å². The lowest BCUT2D eigenvalue weighted by Gasteiger charge is -2.22. The van der Waals surface area contributed by atoms with Crippen molar-refractivity contribution in [3.05, 3.63) is 29.3 Å². The molecule has 1 fully saturated rings. The quantitative estimate of drug-likeness (QED) is 0.824. The number of amides is 1. The molecule has 1 heterocycles. The molecule has 104 valence electrons. The molecule has 1 saturated heterocycles. The van der Waals surface area contributed by atoms with E-state index in [4.69, 9.17) is 10.5 Å². The summed E-state index contributed by atoms with van der Waals surface area (Å²) in [5.74, 6) is -2.32. The van der Waals surface area contributed by atoms with Gasteiger partial charge in [0.2, 0.25) is 0 Å². The Morgan fingerprint density at radius 2 is 2.21 bits per heavy atom. The van der Waals surface area contributed by atoms with Gasteiger partial charge in [0.25, 0.3) is 5.91 Å². The Kier molecular flexibility index (Phi) is 4.31. The van der Waals surface area contributed by atoms with E-state index >= 15 is 0 Å². The molecule has 1 aliphatic rings. The number of anilines is 1. The highest BCUT2D eigenvalue weighted by atomic mass is 19.1. The molecular formula is C13H16F2N2O2. The number of halogens is 2. The molecule has 1 aliphatic heterocycles. The molecule has 1 aromatic rings. The van der Waals surface area contributed by atoms with Crippen LogP contribution in [0, 0.1) is 11.6 Å². The molecule has 3 N–H and O–H groups in total. The van der Waals surface area contributed by atoms with Gasteiger partial charge in [-0.05, 0) is 31.4 Å². The second-order valence-corrected chi connectivity index (χ2v) is 4.56. The predicted octanol–water partition coefficient (Wildman–Crippen LogP) is 1.85. The molecule has 1 unspecified atom stereocenters. The molecule has 1 aromatic carbocycles. The smallest absolute Gasteiger partial charge is 0.254 e. The highest BCUT2D eigenvalue weighted by molar-refractivity contribution is 5.95. The Balaban J connectivity index is 1.99. The molecule has 0 aliphatic carbocycles. The van der Waals surface area contributed by atoms with Crippen molar-refractivity contribution >= 4 is 11.6 Å². The monoisotopic (exact) mass is 270 g/mol. The summed E-state index contributed by atoms with van der Waals surface area (Å²) in [5.41, 5.74) is 4.52. The zero-order valence-electron chi connectivity index (χ0n) is 10.4. The van der Waals surface area contributed by atoms with Crippen LogP contribution in [0.4, 0.5) is 14.5 Å². The van der Waals surface area contributed by atoms with E-state index < -0.39 is 17.5 Å². The van der Waals surface area contributed by atoms with Crippen molar-refractivity contribution in [3.8, 4) is 0 Å². The SMILES string of the molecule is Nc1cc(F)cc(C(=O)NCC2CCCCO2)c1F. The van der Waals surface area contributed by atoms with E-state index in [1.54, 1.807) is 0 Å². The zero-order valence-corrected chi connectivity index (χ0v) is 10.4. The van der Waals surface area contributed by atoms with Gasteiger partial charge in [-0.15, -0.1) is 0 Å². The topological polar surface area (TPSA) is 64.4 Å². The maximum atomic E-state index is 13.6. The first-order valence-corrected chi connectivity index (χ1v) is 6.22. The largest absolute Gasteiger partial charge is 0.396 e. The summed E-state index contributed by atoms with van der Waals surface area (Å²) in [5, 5.41) is 2.54. The standard InChI is InChI=1S/C13H16F2N2O2/c14-8-5-10(12(15)11(16)6-8)13(18)17-7-9-3-1-2-4-19-9/h5-6,9H,1-4,7,16H2,(H,17,18). The molecule has 6 heteroatoms. The Bertz CT molecular complexity index is 474. The van der Waals surface area contributed by atoms with Gasteiger partial charge in [0.15, 0.2) is 5.82 Å². The van der Waals surface area contributed by atoms with Gasteiger partial charge in [-0.25, -0.2) is 8.78 Å². The van der Waals surface area contributed by atoms with Crippen LogP contribution in [0.1, 0.15) is 29.6 Å². The summed E-state index contributed by atoms with van der Waals surface area (Å²) in [6, 6.07) is 1.68. The lowest BCUT2D eigenvalue weighted by molar-refractivity contribution is 0.0168. The van der Waals surface area contributed by atoms with Gasteiger partial charge in [0, 0.05) is 13.2 Å². The number of hydrogen-bond donors (Lipinski definition) is 2. The number of nitrogens with two attached hydrogens (primary N) is 1. The summed E-state index contributed by atoms with van der Waals surface area (Å²) in [4.78, 5) is 11.8. The highest BCUT2D eigenvalue weighted by Gasteiger charge is 2.19. The number of ether oxygens (including phenoxy) is 1. The van der Waals surface area contributed by atoms with E-state index in [-0.39, 0.29) is 23.9 Å². The molecule has 0 aromatic heterocycles. The summed E-state index contributed by atoms with van der Waals surface area (Å²) in [6.07, 6.45) is 2.85. The van der Waals surface area contributed by atoms with Crippen molar-refractivity contribution in [2.75, 3.05) is 18.9 Å². The van der Waals surface area contributed by atoms with Gasteiger partial charge >= 0.3 is 0 Å². The minimum atomic E-state index is -0.900. The van der Waals surface area contributed by atoms with Gasteiger partial charge in [-0.1, -0.05) is 0 Å². The van der Waals surface area contributed by atoms with E-state index in [2.05, 4.69) is 5.32 Å². The molecule has 0 spiro atoms. The minimum Gasteiger partial charge on any atom is -0.396 e. The van der Waals surface area contributed by atoms with Crippen LogP contribution in [0.15, 0.2) is 12.1 Å². The van der Waals surface area contributed by atoms with Crippen LogP contribution in [-0.4, -0.2) is 25.2 Å². The normalized spacial score (nSPS) is 19.2. The third-order valence-corrected chi connectivity index (χ3v) is 3.07. The average Bonchev–Trinajstić information content (AvgIpc) is 2.41. The van der Waals surface area contributed by atoms with Gasteiger partial charge in [-0.2, -0.15) is 0 Å². The van der Waals surface area contributed by atoms with Crippen LogP contribution in [0.3, 0.4) is 0 Å². The molecule has 1 atom stereocenters. The summed E-state index contributed by atoms with van der Waals surface area (Å²) >= 11 is 0. The molecule has 0 saturated carbocycles. The number of nitrogens with one attached hydrogen (secondary N) is 1. The van der Waals surface area contributed by atoms with E-state index in [1.807, 2.05) is 0 Å². The first-order chi connectivity index (χ1) is 9.08. The van der Waals surface area contributed by atoms with Crippen molar-refractivity contribution in [3.63, 3.8) is 0 Å². The van der Waals surface area contributed by atoms with Gasteiger partial charge < -0.3 is 15.8 Å². The number of hydrogen-bond acceptors (Lipinski definition) is 3. The summed E-state index contributed by atoms with van der Waals surface area (Å²) < 4.78 is 32.2. The molecule has 4 nitrogen and oxygen atoms in total. The van der Waals surface area contributed by atoms with Gasteiger partial charge in [-0.3, -0.25) is 4.79 Å². The first-order valence-electron chi connectivity index (χ1n) is 6.22. The third-order valence-electron chi connectivity index (χ3n) is 3.07. The lowest BCUT2D eigenvalue weighted by Crippen LogP contribution is -2.35. The fourth-order valence-electron chi connectivity index (χ4n) is 2.05. The van der Waals surface area contributed by atoms with E-state index in [1.165, 1.54) is 0 Å². The Hall–Kier alpha value is -1.69.